The van der Waals surface area contributed by atoms with Gasteiger partial charge < -0.3 is 47.2 Å². The van der Waals surface area contributed by atoms with E-state index in [-0.39, 0.29) is 44.1 Å². The predicted molar refractivity (Wildman–Crippen MR) is 349 cm³/mol. The highest BCUT2D eigenvalue weighted by Crippen LogP contribution is 2.37. The van der Waals surface area contributed by atoms with Crippen molar-refractivity contribution in [2.75, 3.05) is 40.6 Å². The Hall–Kier alpha value is -6.16. The first-order chi connectivity index (χ1) is 40.9. The van der Waals surface area contributed by atoms with Crippen molar-refractivity contribution in [2.24, 2.45) is 10.8 Å². The summed E-state index contributed by atoms with van der Waals surface area (Å²) in [5, 5.41) is 9.09. The van der Waals surface area contributed by atoms with Crippen LogP contribution in [0.5, 0.6) is 23.8 Å². The lowest BCUT2D eigenvalue weighted by Crippen LogP contribution is -2.41. The Morgan fingerprint density at radius 3 is 1.43 bits per heavy atom. The molecular weight excluding hydrogens is 1220 g/mol. The Labute approximate surface area is 531 Å². The van der Waals surface area contributed by atoms with Crippen molar-refractivity contribution < 1.29 is 56.8 Å². The fourth-order valence-corrected chi connectivity index (χ4v) is 9.56. The van der Waals surface area contributed by atoms with Crippen molar-refractivity contribution in [2.45, 2.75) is 185 Å². The van der Waals surface area contributed by atoms with Crippen LogP contribution in [0.4, 0.5) is 0 Å². The summed E-state index contributed by atoms with van der Waals surface area (Å²) in [6.07, 6.45) is 6.91. The molecule has 6 aromatic rings. The van der Waals surface area contributed by atoms with E-state index in [1.54, 1.807) is 61.8 Å². The standard InChI is InChI=1S/C28H41N5O5Si.C18H28BNO5.C16H25BrN4O2Si/c1-19(2)38-27-31-25(32-33(27)18-36-12-13-39(7,8)9)23-11-10-21(15-29-23)22-16-30-24(14-20(22)3)37-17-28(4,5)26(34)35-6;1-12-9-14(23-11-16(2,3)15(21)22-8)20-10-13(12)19-24-17(4,5)18(6,7)25-19;1-12(2)23-16-19-15(14-7-6-13(17)10-18-14)20-21(16)11-22-8-9-24(3,4)5/h10-11,14-16,19H,12-13,17-18H2,1-9H3;9-10H,11H2,1-8H3;6-7,10,12H,8-9,11H2,1-5H3. The maximum atomic E-state index is 11.9. The van der Waals surface area contributed by atoms with Gasteiger partial charge in [0.15, 0.2) is 0 Å². The molecule has 1 aliphatic rings. The lowest BCUT2D eigenvalue weighted by atomic mass is 9.77. The average molecular weight is 1320 g/mol. The zero-order valence-electron chi connectivity index (χ0n) is 55.9. The van der Waals surface area contributed by atoms with E-state index in [1.807, 2.05) is 106 Å². The Morgan fingerprint density at radius 1 is 0.625 bits per heavy atom. The van der Waals surface area contributed by atoms with E-state index in [0.717, 1.165) is 50.9 Å². The Morgan fingerprint density at radius 2 is 1.06 bits per heavy atom. The molecule has 7 rings (SSSR count). The number of methoxy groups -OCH3 is 2. The minimum absolute atomic E-state index is 0.0145. The zero-order valence-corrected chi connectivity index (χ0v) is 59.5. The van der Waals surface area contributed by atoms with Crippen molar-refractivity contribution >= 4 is 56.6 Å². The van der Waals surface area contributed by atoms with Crippen LogP contribution in [-0.4, -0.2) is 149 Å². The molecule has 1 fully saturated rings. The van der Waals surface area contributed by atoms with Crippen LogP contribution in [0.1, 0.15) is 94.2 Å². The summed E-state index contributed by atoms with van der Waals surface area (Å²) in [4.78, 5) is 50.3. The first kappa shape index (κ1) is 72.6. The molecule has 0 spiro atoms. The topological polar surface area (TPSA) is 239 Å². The number of aryl methyl sites for hydroxylation is 2. The van der Waals surface area contributed by atoms with Gasteiger partial charge in [-0.25, -0.2) is 9.97 Å². The molecule has 6 aromatic heterocycles. The smallest absolute Gasteiger partial charge is 0.476 e. The van der Waals surface area contributed by atoms with E-state index in [2.05, 4.69) is 95.3 Å². The fraction of sp³-hybridized carbons (Fsp3) is 0.581. The second kappa shape index (κ2) is 31.0. The Bertz CT molecular complexity index is 3210. The lowest BCUT2D eigenvalue weighted by molar-refractivity contribution is -0.153. The van der Waals surface area contributed by atoms with Crippen molar-refractivity contribution in [1.82, 2.24) is 49.5 Å². The summed E-state index contributed by atoms with van der Waals surface area (Å²) in [5.41, 5.74) is 3.64. The first-order valence-corrected chi connectivity index (χ1v) is 37.8. The minimum atomic E-state index is -1.18. The van der Waals surface area contributed by atoms with E-state index in [1.165, 1.54) is 14.2 Å². The fourth-order valence-electron chi connectivity index (χ4n) is 7.82. The first-order valence-electron chi connectivity index (χ1n) is 29.6. The number of rotatable bonds is 26. The molecule has 0 saturated carbocycles. The molecule has 0 bridgehead atoms. The maximum Gasteiger partial charge on any atom is 0.496 e. The quantitative estimate of drug-likeness (QED) is 0.0278. The Balaban J connectivity index is 0.000000251. The number of ether oxygens (including phenoxy) is 8. The number of carbonyl (C=O) groups excluding carboxylic acids is 2. The van der Waals surface area contributed by atoms with E-state index < -0.39 is 45.3 Å². The molecule has 7 heterocycles. The Kier molecular flexibility index (Phi) is 25.6. The normalized spacial score (nSPS) is 14.0. The third-order valence-electron chi connectivity index (χ3n) is 14.0. The molecule has 1 saturated heterocycles. The number of esters is 2. The van der Waals surface area contributed by atoms with Crippen molar-refractivity contribution in [3.63, 3.8) is 0 Å². The highest BCUT2D eigenvalue weighted by molar-refractivity contribution is 9.10. The van der Waals surface area contributed by atoms with Crippen LogP contribution in [0, 0.1) is 24.7 Å². The number of hydrogen-bond donors (Lipinski definition) is 0. The number of hydrogen-bond acceptors (Lipinski definition) is 20. The number of nitrogens with zero attached hydrogens (tertiary/aromatic N) is 10. The maximum absolute atomic E-state index is 11.9. The molecule has 26 heteroatoms. The van der Waals surface area contributed by atoms with Crippen molar-refractivity contribution in [3.8, 4) is 57.9 Å². The molecule has 22 nitrogen and oxygen atoms in total. The highest BCUT2D eigenvalue weighted by Gasteiger charge is 2.52. The van der Waals surface area contributed by atoms with E-state index in [0.29, 0.717) is 60.2 Å². The average Bonchev–Trinajstić information content (AvgIpc) is 3.22. The van der Waals surface area contributed by atoms with Crippen LogP contribution < -0.4 is 24.4 Å². The molecule has 0 radical (unpaired) electrons. The number of halogens is 1. The van der Waals surface area contributed by atoms with E-state index >= 15 is 0 Å². The summed E-state index contributed by atoms with van der Waals surface area (Å²) in [7, 11) is -0.0117. The van der Waals surface area contributed by atoms with Gasteiger partial charge in [0.25, 0.3) is 0 Å². The second-order valence-electron chi connectivity index (χ2n) is 26.9. The third kappa shape index (κ3) is 21.8. The van der Waals surface area contributed by atoms with Gasteiger partial charge in [-0.2, -0.15) is 19.3 Å². The molecule has 0 aromatic carbocycles. The van der Waals surface area contributed by atoms with E-state index in [9.17, 15) is 9.59 Å². The van der Waals surface area contributed by atoms with Gasteiger partial charge in [-0.05, 0) is 154 Å². The van der Waals surface area contributed by atoms with Crippen LogP contribution in [0.2, 0.25) is 51.4 Å². The highest BCUT2D eigenvalue weighted by atomic mass is 79.9. The molecule has 0 atom stereocenters. The molecule has 0 unspecified atom stereocenters. The van der Waals surface area contributed by atoms with Gasteiger partial charge in [-0.1, -0.05) is 45.3 Å². The monoisotopic (exact) mass is 1320 g/mol. The van der Waals surface area contributed by atoms with Gasteiger partial charge in [0, 0.05) is 87.3 Å². The van der Waals surface area contributed by atoms with Crippen LogP contribution in [0.3, 0.4) is 0 Å². The SMILES string of the molecule is CC(C)Oc1nc(-c2ccc(Br)cn2)nn1COCC[Si](C)(C)C.COC(=O)C(C)(C)COc1cc(C)c(-c2ccc(-c3nc(OC(C)C)n(COCC[Si](C)(C)C)n3)nc2)cn1.COC(=O)C(C)(C)COc1cc(C)c(B2OC(C)(C)C(C)(C)O2)cn1. The van der Waals surface area contributed by atoms with Gasteiger partial charge in [0.1, 0.15) is 38.1 Å². The molecule has 0 N–H and O–H groups in total. The van der Waals surface area contributed by atoms with Crippen molar-refractivity contribution in [3.05, 3.63) is 76.8 Å². The van der Waals surface area contributed by atoms with Gasteiger partial charge in [-0.15, -0.1) is 10.2 Å². The third-order valence-corrected chi connectivity index (χ3v) is 17.9. The minimum Gasteiger partial charge on any atom is -0.476 e. The number of aromatic nitrogens is 10. The van der Waals surface area contributed by atoms with E-state index in [4.69, 9.17) is 47.2 Å². The summed E-state index contributed by atoms with van der Waals surface area (Å²) in [6.45, 7) is 43.2. The lowest BCUT2D eigenvalue weighted by Gasteiger charge is -2.32. The van der Waals surface area contributed by atoms with Gasteiger partial charge >= 0.3 is 31.1 Å². The van der Waals surface area contributed by atoms with Gasteiger partial charge in [-0.3, -0.25) is 19.6 Å². The van der Waals surface area contributed by atoms with Crippen LogP contribution in [-0.2, 0) is 51.3 Å². The van der Waals surface area contributed by atoms with Crippen LogP contribution >= 0.6 is 15.9 Å². The molecule has 1 aliphatic heterocycles. The summed E-state index contributed by atoms with van der Waals surface area (Å²) >= 11 is 3.38. The summed E-state index contributed by atoms with van der Waals surface area (Å²) < 4.78 is 60.7. The molecule has 0 amide bonds. The summed E-state index contributed by atoms with van der Waals surface area (Å²) in [5.74, 6) is 1.24. The molecule has 0 aliphatic carbocycles. The molecular formula is C62H94BBrN10O12Si2. The summed E-state index contributed by atoms with van der Waals surface area (Å²) in [6, 6.07) is 14.3. The molecule has 482 valence electrons. The number of carbonyl (C=O) groups is 2. The second-order valence-corrected chi connectivity index (χ2v) is 39.0. The predicted octanol–water partition coefficient (Wildman–Crippen LogP) is 11.9. The van der Waals surface area contributed by atoms with Gasteiger partial charge in [0.05, 0.1) is 48.5 Å². The van der Waals surface area contributed by atoms with Gasteiger partial charge in [0.2, 0.25) is 23.4 Å². The number of pyridine rings is 4. The van der Waals surface area contributed by atoms with Crippen LogP contribution in [0.15, 0.2) is 65.7 Å². The zero-order chi connectivity index (χ0) is 65.6. The van der Waals surface area contributed by atoms with Crippen molar-refractivity contribution in [1.29, 1.82) is 0 Å². The largest absolute Gasteiger partial charge is 0.496 e. The molecule has 88 heavy (non-hydrogen) atoms. The van der Waals surface area contributed by atoms with Crippen LogP contribution in [0.25, 0.3) is 34.2 Å².